The number of rotatable bonds is 14. The predicted octanol–water partition coefficient (Wildman–Crippen LogP) is 5.19. The van der Waals surface area contributed by atoms with E-state index in [2.05, 4.69) is 33.2 Å². The third-order valence-electron chi connectivity index (χ3n) is 13.2. The fourth-order valence-corrected chi connectivity index (χ4v) is 12.0. The number of fused-ring (bicyclic) bond motifs is 4. The molecule has 5 N–H and O–H groups in total. The quantitative estimate of drug-likeness (QED) is 0.109. The molecule has 13 heteroatoms. The van der Waals surface area contributed by atoms with Gasteiger partial charge in [0, 0.05) is 37.0 Å². The van der Waals surface area contributed by atoms with Crippen molar-refractivity contribution in [3.8, 4) is 0 Å². The number of hydrogen-bond donors (Lipinski definition) is 5. The molecule has 0 spiro atoms. The number of amides is 1. The molecule has 3 fully saturated rings. The number of carbonyl (C=O) groups excluding carboxylic acids is 2. The van der Waals surface area contributed by atoms with Crippen molar-refractivity contribution in [2.75, 3.05) is 20.1 Å². The first-order chi connectivity index (χ1) is 27.1. The molecule has 3 aromatic heterocycles. The molecule has 0 radical (unpaired) electrons. The molecule has 8 rings (SSSR count). The molecular formula is C43H57N5O6S2. The Bertz CT molecular complexity index is 1990. The van der Waals surface area contributed by atoms with Crippen molar-refractivity contribution in [3.63, 3.8) is 0 Å². The van der Waals surface area contributed by atoms with Gasteiger partial charge in [0.15, 0.2) is 0 Å². The molecule has 1 saturated heterocycles. The summed E-state index contributed by atoms with van der Waals surface area (Å²) in [5.41, 5.74) is 4.63. The maximum atomic E-state index is 13.6. The van der Waals surface area contributed by atoms with Gasteiger partial charge < -0.3 is 40.2 Å². The summed E-state index contributed by atoms with van der Waals surface area (Å²) in [7, 11) is 2.20. The van der Waals surface area contributed by atoms with Crippen molar-refractivity contribution in [3.05, 3.63) is 73.4 Å². The molecule has 1 aliphatic heterocycles. The van der Waals surface area contributed by atoms with E-state index in [1.165, 1.54) is 44.9 Å². The Morgan fingerprint density at radius 1 is 1.11 bits per heavy atom. The molecule has 4 aliphatic rings. The van der Waals surface area contributed by atoms with E-state index in [-0.39, 0.29) is 29.9 Å². The van der Waals surface area contributed by atoms with E-state index in [1.807, 2.05) is 36.8 Å². The lowest BCUT2D eigenvalue weighted by molar-refractivity contribution is -0.169. The predicted molar refractivity (Wildman–Crippen MR) is 219 cm³/mol. The van der Waals surface area contributed by atoms with Crippen molar-refractivity contribution in [2.45, 2.75) is 133 Å². The molecule has 6 atom stereocenters. The van der Waals surface area contributed by atoms with Crippen LogP contribution in [0.15, 0.2) is 42.0 Å². The van der Waals surface area contributed by atoms with Gasteiger partial charge in [-0.3, -0.25) is 4.79 Å². The molecule has 4 heterocycles. The number of aromatic nitrogens is 2. The van der Waals surface area contributed by atoms with E-state index >= 15 is 0 Å². The number of hydrogen-bond acceptors (Lipinski definition) is 11. The lowest BCUT2D eigenvalue weighted by Gasteiger charge is -2.45. The minimum absolute atomic E-state index is 0.0000373. The van der Waals surface area contributed by atoms with E-state index in [4.69, 9.17) is 9.72 Å². The van der Waals surface area contributed by atoms with Gasteiger partial charge in [0.25, 0.3) is 0 Å². The van der Waals surface area contributed by atoms with Gasteiger partial charge in [0.1, 0.15) is 6.10 Å². The normalized spacial score (nSPS) is 26.8. The number of aliphatic hydroxyl groups excluding tert-OH is 2. The number of benzene rings is 1. The van der Waals surface area contributed by atoms with Crippen LogP contribution >= 0.6 is 22.7 Å². The van der Waals surface area contributed by atoms with E-state index < -0.39 is 23.8 Å². The fourth-order valence-electron chi connectivity index (χ4n) is 10.2. The third-order valence-corrected chi connectivity index (χ3v) is 15.3. The molecule has 0 bridgehead atoms. The van der Waals surface area contributed by atoms with Crippen LogP contribution in [-0.4, -0.2) is 92.2 Å². The molecule has 3 aliphatic carbocycles. The minimum Gasteiger partial charge on any atom is -0.460 e. The summed E-state index contributed by atoms with van der Waals surface area (Å²) in [6.45, 7) is 4.99. The van der Waals surface area contributed by atoms with E-state index in [1.54, 1.807) is 6.07 Å². The Labute approximate surface area is 337 Å². The third kappa shape index (κ3) is 7.97. The summed E-state index contributed by atoms with van der Waals surface area (Å²) in [4.78, 5) is 35.1. The van der Waals surface area contributed by atoms with Crippen molar-refractivity contribution in [1.82, 2.24) is 25.1 Å². The number of thiophene rings is 2. The Hall–Kier alpha value is -3.17. The standard InChI is InChI=1S/C43H57N5O6S2/c1-26-9-17-38(56-26)43(53,37-8-4-21-55-37)42(52)54-29-12-10-28(11-13-29)47(2)19-5-20-48-25-45-34-22-27(30-6-3-7-33(30)41(34)48)23-44-24-36(50)31-14-16-35(49)40-32(31)15-18-39(51)46-40/h4,8-9,17,21-22,25,28-29,31-32,35-36,40,44,49-50,53H,3,5-7,10-16,18-20,23-24H2,1-2H3,(H,46,51)/t28?,29?,31?,32?,35?,36-,40?,43+/m0/s1. The van der Waals surface area contributed by atoms with Crippen molar-refractivity contribution < 1.29 is 29.6 Å². The maximum absolute atomic E-state index is 13.6. The number of piperidine rings is 1. The fraction of sp³-hybridized carbons (Fsp3) is 0.605. The highest BCUT2D eigenvalue weighted by molar-refractivity contribution is 7.13. The summed E-state index contributed by atoms with van der Waals surface area (Å²) >= 11 is 2.80. The van der Waals surface area contributed by atoms with E-state index in [0.717, 1.165) is 87.7 Å². The van der Waals surface area contributed by atoms with Crippen LogP contribution in [0, 0.1) is 18.8 Å². The van der Waals surface area contributed by atoms with Crippen LogP contribution in [0.5, 0.6) is 0 Å². The average Bonchev–Trinajstić information content (AvgIpc) is 4.03. The minimum atomic E-state index is -1.77. The molecule has 1 aromatic carbocycles. The van der Waals surface area contributed by atoms with Crippen molar-refractivity contribution in [2.24, 2.45) is 11.8 Å². The first-order valence-electron chi connectivity index (χ1n) is 20.7. The Morgan fingerprint density at radius 2 is 1.93 bits per heavy atom. The smallest absolute Gasteiger partial charge is 0.349 e. The second-order valence-corrected chi connectivity index (χ2v) is 19.0. The van der Waals surface area contributed by atoms with Gasteiger partial charge in [0.05, 0.1) is 45.4 Å². The van der Waals surface area contributed by atoms with Gasteiger partial charge in [-0.2, -0.15) is 0 Å². The van der Waals surface area contributed by atoms with Crippen LogP contribution in [-0.2, 0) is 45.9 Å². The summed E-state index contributed by atoms with van der Waals surface area (Å²) in [6.07, 6.45) is 11.0. The molecule has 1 amide bonds. The van der Waals surface area contributed by atoms with E-state index in [9.17, 15) is 24.9 Å². The molecule has 2 saturated carbocycles. The highest BCUT2D eigenvalue weighted by Gasteiger charge is 2.46. The number of aliphatic hydroxyl groups is 3. The van der Waals surface area contributed by atoms with Crippen LogP contribution in [0.1, 0.15) is 95.5 Å². The number of aryl methyl sites for hydroxylation is 3. The lowest BCUT2D eigenvalue weighted by atomic mass is 9.68. The first kappa shape index (κ1) is 39.6. The topological polar surface area (TPSA) is 149 Å². The molecule has 56 heavy (non-hydrogen) atoms. The number of nitrogens with zero attached hydrogens (tertiary/aromatic N) is 3. The molecule has 4 aromatic rings. The second-order valence-electron chi connectivity index (χ2n) is 16.7. The number of ether oxygens (including phenoxy) is 1. The summed E-state index contributed by atoms with van der Waals surface area (Å²) in [5.74, 6) is -0.409. The van der Waals surface area contributed by atoms with Gasteiger partial charge in [-0.05, 0) is 149 Å². The highest BCUT2D eigenvalue weighted by Crippen LogP contribution is 2.40. The van der Waals surface area contributed by atoms with Gasteiger partial charge in [0.2, 0.25) is 11.5 Å². The first-order valence-corrected chi connectivity index (χ1v) is 22.4. The van der Waals surface area contributed by atoms with Crippen LogP contribution in [0.4, 0.5) is 0 Å². The Morgan fingerprint density at radius 3 is 2.70 bits per heavy atom. The van der Waals surface area contributed by atoms with E-state index in [0.29, 0.717) is 41.7 Å². The van der Waals surface area contributed by atoms with Crippen LogP contribution in [0.3, 0.4) is 0 Å². The second kappa shape index (κ2) is 17.0. The lowest BCUT2D eigenvalue weighted by Crippen LogP contribution is -2.58. The summed E-state index contributed by atoms with van der Waals surface area (Å²) in [5, 5.41) is 41.9. The monoisotopic (exact) mass is 803 g/mol. The van der Waals surface area contributed by atoms with Gasteiger partial charge >= 0.3 is 5.97 Å². The molecule has 302 valence electrons. The SMILES string of the molecule is Cc1ccc([C@@](O)(C(=O)OC2CCC(N(C)CCCn3cnc4cc(CNC[C@H](O)C5CCC(O)C6NC(=O)CCC65)c5c(c43)CCC5)CC2)c2cccs2)s1. The zero-order chi connectivity index (χ0) is 39.0. The number of esters is 1. The van der Waals surface area contributed by atoms with Gasteiger partial charge in [-0.1, -0.05) is 6.07 Å². The maximum Gasteiger partial charge on any atom is 0.349 e. The van der Waals surface area contributed by atoms with Gasteiger partial charge in [-0.25, -0.2) is 9.78 Å². The zero-order valence-electron chi connectivity index (χ0n) is 32.6. The van der Waals surface area contributed by atoms with Crippen molar-refractivity contribution in [1.29, 1.82) is 0 Å². The highest BCUT2D eigenvalue weighted by atomic mass is 32.1. The van der Waals surface area contributed by atoms with Crippen molar-refractivity contribution >= 4 is 45.6 Å². The summed E-state index contributed by atoms with van der Waals surface area (Å²) in [6, 6.07) is 9.83. The number of nitrogens with one attached hydrogen (secondary N) is 2. The number of imidazole rings is 1. The average molecular weight is 804 g/mol. The van der Waals surface area contributed by atoms with Crippen LogP contribution in [0.25, 0.3) is 11.0 Å². The zero-order valence-corrected chi connectivity index (χ0v) is 34.3. The molecule has 11 nitrogen and oxygen atoms in total. The largest absolute Gasteiger partial charge is 0.460 e. The number of carbonyl (C=O) groups is 2. The van der Waals surface area contributed by atoms with Crippen LogP contribution < -0.4 is 10.6 Å². The van der Waals surface area contributed by atoms with Gasteiger partial charge in [-0.15, -0.1) is 22.7 Å². The Balaban J connectivity index is 0.821. The summed E-state index contributed by atoms with van der Waals surface area (Å²) < 4.78 is 8.37. The molecular weight excluding hydrogens is 747 g/mol. The molecule has 4 unspecified atom stereocenters. The van der Waals surface area contributed by atoms with Crippen LogP contribution in [0.2, 0.25) is 0 Å². The Kier molecular flexibility index (Phi) is 12.0.